The second kappa shape index (κ2) is 5.66. The summed E-state index contributed by atoms with van der Waals surface area (Å²) in [4.78, 5) is 2.30. The van der Waals surface area contributed by atoms with E-state index >= 15 is 0 Å². The third-order valence-corrected chi connectivity index (χ3v) is 4.35. The standard InChI is InChI=1S/C14H13ClF3NS/c1-8-3-6-13(20-8)9(2)19-12-5-4-10(7-11(12)15)14(16,17)18/h3-7,9,19H,1-2H3. The van der Waals surface area contributed by atoms with Crippen LogP contribution in [0.5, 0.6) is 0 Å². The van der Waals surface area contributed by atoms with E-state index in [1.165, 1.54) is 10.9 Å². The van der Waals surface area contributed by atoms with E-state index in [-0.39, 0.29) is 11.1 Å². The molecule has 1 unspecified atom stereocenters. The lowest BCUT2D eigenvalue weighted by Gasteiger charge is -2.16. The van der Waals surface area contributed by atoms with E-state index in [4.69, 9.17) is 11.6 Å². The Morgan fingerprint density at radius 2 is 1.90 bits per heavy atom. The van der Waals surface area contributed by atoms with Crippen molar-refractivity contribution in [1.29, 1.82) is 0 Å². The van der Waals surface area contributed by atoms with Gasteiger partial charge in [0.25, 0.3) is 0 Å². The minimum atomic E-state index is -4.38. The van der Waals surface area contributed by atoms with Crippen LogP contribution in [0.15, 0.2) is 30.3 Å². The van der Waals surface area contributed by atoms with Gasteiger partial charge in [0.05, 0.1) is 22.3 Å². The number of hydrogen-bond acceptors (Lipinski definition) is 2. The molecule has 0 saturated heterocycles. The molecule has 2 rings (SSSR count). The van der Waals surface area contributed by atoms with Crippen molar-refractivity contribution in [2.75, 3.05) is 5.32 Å². The number of hydrogen-bond donors (Lipinski definition) is 1. The van der Waals surface area contributed by atoms with Gasteiger partial charge in [-0.1, -0.05) is 11.6 Å². The maximum Gasteiger partial charge on any atom is 0.416 e. The van der Waals surface area contributed by atoms with Crippen LogP contribution < -0.4 is 5.32 Å². The zero-order valence-corrected chi connectivity index (χ0v) is 12.5. The van der Waals surface area contributed by atoms with Crippen LogP contribution >= 0.6 is 22.9 Å². The highest BCUT2D eigenvalue weighted by atomic mass is 35.5. The van der Waals surface area contributed by atoms with Crippen molar-refractivity contribution >= 4 is 28.6 Å². The Kier molecular flexibility index (Phi) is 4.30. The predicted molar refractivity (Wildman–Crippen MR) is 77.5 cm³/mol. The molecule has 0 aliphatic rings. The molecule has 6 heteroatoms. The summed E-state index contributed by atoms with van der Waals surface area (Å²) in [5.74, 6) is 0. The fourth-order valence-corrected chi connectivity index (χ4v) is 2.91. The highest BCUT2D eigenvalue weighted by Gasteiger charge is 2.30. The highest BCUT2D eigenvalue weighted by Crippen LogP contribution is 2.35. The van der Waals surface area contributed by atoms with Gasteiger partial charge in [0.15, 0.2) is 0 Å². The lowest BCUT2D eigenvalue weighted by atomic mass is 10.2. The highest BCUT2D eigenvalue weighted by molar-refractivity contribution is 7.12. The van der Waals surface area contributed by atoms with Crippen LogP contribution in [-0.2, 0) is 6.18 Å². The Bertz CT molecular complexity index is 607. The summed E-state index contributed by atoms with van der Waals surface area (Å²) in [5.41, 5.74) is -0.245. The molecule has 1 nitrogen and oxygen atoms in total. The predicted octanol–water partition coefficient (Wildman–Crippen LogP) is 5.90. The summed E-state index contributed by atoms with van der Waals surface area (Å²) >= 11 is 7.56. The Morgan fingerprint density at radius 3 is 2.40 bits per heavy atom. The van der Waals surface area contributed by atoms with Crippen molar-refractivity contribution in [3.8, 4) is 0 Å². The molecule has 0 aliphatic carbocycles. The maximum atomic E-state index is 12.6. The lowest BCUT2D eigenvalue weighted by molar-refractivity contribution is -0.137. The number of nitrogens with one attached hydrogen (secondary N) is 1. The summed E-state index contributed by atoms with van der Waals surface area (Å²) in [6.07, 6.45) is -4.38. The number of benzene rings is 1. The van der Waals surface area contributed by atoms with Crippen LogP contribution in [0.3, 0.4) is 0 Å². The molecule has 0 saturated carbocycles. The number of aryl methyl sites for hydroxylation is 1. The molecule has 2 aromatic rings. The van der Waals surface area contributed by atoms with Crippen LogP contribution in [0.4, 0.5) is 18.9 Å². The zero-order chi connectivity index (χ0) is 14.9. The second-order valence-electron chi connectivity index (χ2n) is 4.51. The van der Waals surface area contributed by atoms with E-state index in [0.29, 0.717) is 5.69 Å². The molecule has 20 heavy (non-hydrogen) atoms. The van der Waals surface area contributed by atoms with Gasteiger partial charge in [0, 0.05) is 9.75 Å². The molecular weight excluding hydrogens is 307 g/mol. The third-order valence-electron chi connectivity index (χ3n) is 2.86. The largest absolute Gasteiger partial charge is 0.416 e. The van der Waals surface area contributed by atoms with Crippen molar-refractivity contribution in [3.63, 3.8) is 0 Å². The third kappa shape index (κ3) is 3.46. The Balaban J connectivity index is 2.18. The summed E-state index contributed by atoms with van der Waals surface area (Å²) in [7, 11) is 0. The summed E-state index contributed by atoms with van der Waals surface area (Å²) in [6, 6.07) is 7.32. The molecule has 1 atom stereocenters. The first-order chi connectivity index (χ1) is 9.27. The minimum absolute atomic E-state index is 0.0112. The fraction of sp³-hybridized carbons (Fsp3) is 0.286. The Hall–Kier alpha value is -1.20. The van der Waals surface area contributed by atoms with E-state index in [9.17, 15) is 13.2 Å². The normalized spacial score (nSPS) is 13.3. The maximum absolute atomic E-state index is 12.6. The van der Waals surface area contributed by atoms with Crippen molar-refractivity contribution in [3.05, 3.63) is 50.7 Å². The fourth-order valence-electron chi connectivity index (χ4n) is 1.80. The van der Waals surface area contributed by atoms with Crippen LogP contribution in [-0.4, -0.2) is 0 Å². The molecule has 1 N–H and O–H groups in total. The zero-order valence-electron chi connectivity index (χ0n) is 10.9. The van der Waals surface area contributed by atoms with Gasteiger partial charge in [-0.15, -0.1) is 11.3 Å². The SMILES string of the molecule is Cc1ccc(C(C)Nc2ccc(C(F)(F)F)cc2Cl)s1. The van der Waals surface area contributed by atoms with Crippen LogP contribution in [0.1, 0.15) is 28.3 Å². The van der Waals surface area contributed by atoms with Gasteiger partial charge in [-0.05, 0) is 44.2 Å². The van der Waals surface area contributed by atoms with Gasteiger partial charge in [0.1, 0.15) is 0 Å². The molecule has 1 heterocycles. The van der Waals surface area contributed by atoms with Crippen molar-refractivity contribution in [1.82, 2.24) is 0 Å². The summed E-state index contributed by atoms with van der Waals surface area (Å²) in [6.45, 7) is 3.95. The molecule has 0 radical (unpaired) electrons. The van der Waals surface area contributed by atoms with E-state index in [1.54, 1.807) is 11.3 Å². The molecule has 1 aromatic carbocycles. The number of rotatable bonds is 3. The Morgan fingerprint density at radius 1 is 1.20 bits per heavy atom. The number of anilines is 1. The van der Waals surface area contributed by atoms with Gasteiger partial charge in [-0.3, -0.25) is 0 Å². The first kappa shape index (κ1) is 15.2. The molecule has 108 valence electrons. The molecule has 0 aliphatic heterocycles. The van der Waals surface area contributed by atoms with Gasteiger partial charge in [-0.2, -0.15) is 13.2 Å². The van der Waals surface area contributed by atoms with Crippen molar-refractivity contribution in [2.24, 2.45) is 0 Å². The summed E-state index contributed by atoms with van der Waals surface area (Å²) in [5, 5.41) is 3.20. The van der Waals surface area contributed by atoms with Gasteiger partial charge in [0.2, 0.25) is 0 Å². The van der Waals surface area contributed by atoms with Crippen LogP contribution in [0.25, 0.3) is 0 Å². The number of thiophene rings is 1. The quantitative estimate of drug-likeness (QED) is 0.742. The second-order valence-corrected chi connectivity index (χ2v) is 6.23. The monoisotopic (exact) mass is 319 g/mol. The average molecular weight is 320 g/mol. The first-order valence-corrected chi connectivity index (χ1v) is 7.16. The number of halogens is 4. The van der Waals surface area contributed by atoms with Gasteiger partial charge < -0.3 is 5.32 Å². The molecule has 1 aromatic heterocycles. The van der Waals surface area contributed by atoms with Crippen molar-refractivity contribution < 1.29 is 13.2 Å². The molecule has 0 bridgehead atoms. The lowest BCUT2D eigenvalue weighted by Crippen LogP contribution is -2.08. The van der Waals surface area contributed by atoms with E-state index in [0.717, 1.165) is 17.0 Å². The topological polar surface area (TPSA) is 12.0 Å². The van der Waals surface area contributed by atoms with Gasteiger partial charge in [-0.25, -0.2) is 0 Å². The van der Waals surface area contributed by atoms with Crippen molar-refractivity contribution in [2.45, 2.75) is 26.1 Å². The molecule has 0 amide bonds. The average Bonchev–Trinajstić information content (AvgIpc) is 2.77. The first-order valence-electron chi connectivity index (χ1n) is 5.97. The smallest absolute Gasteiger partial charge is 0.377 e. The van der Waals surface area contributed by atoms with E-state index in [1.807, 2.05) is 26.0 Å². The molecular formula is C14H13ClF3NS. The minimum Gasteiger partial charge on any atom is -0.377 e. The Labute approximate surface area is 124 Å². The van der Waals surface area contributed by atoms with Crippen LogP contribution in [0.2, 0.25) is 5.02 Å². The van der Waals surface area contributed by atoms with Crippen LogP contribution in [0, 0.1) is 6.92 Å². The summed E-state index contributed by atoms with van der Waals surface area (Å²) < 4.78 is 37.7. The molecule has 0 spiro atoms. The molecule has 0 fully saturated rings. The van der Waals surface area contributed by atoms with E-state index in [2.05, 4.69) is 5.32 Å². The van der Waals surface area contributed by atoms with Gasteiger partial charge >= 0.3 is 6.18 Å². The number of alkyl halides is 3. The van der Waals surface area contributed by atoms with E-state index < -0.39 is 11.7 Å².